The smallest absolute Gasteiger partial charge is 0.257 e. The first kappa shape index (κ1) is 28.2. The lowest BCUT2D eigenvalue weighted by Crippen LogP contribution is -2.51. The Hall–Kier alpha value is -2.83. The molecule has 1 aliphatic carbocycles. The second-order valence-electron chi connectivity index (χ2n) is 11.1. The van der Waals surface area contributed by atoms with Crippen LogP contribution in [0.2, 0.25) is 0 Å². The first-order chi connectivity index (χ1) is 18.5. The van der Waals surface area contributed by atoms with Crippen molar-refractivity contribution in [2.75, 3.05) is 19.6 Å². The number of hydrogen-bond acceptors (Lipinski definition) is 4. The van der Waals surface area contributed by atoms with Gasteiger partial charge >= 0.3 is 0 Å². The average Bonchev–Trinajstić information content (AvgIpc) is 3.40. The van der Waals surface area contributed by atoms with Crippen molar-refractivity contribution in [3.8, 4) is 5.75 Å². The molecule has 7 nitrogen and oxygen atoms in total. The Balaban J connectivity index is 1.58. The zero-order valence-electron chi connectivity index (χ0n) is 23.6. The van der Waals surface area contributed by atoms with E-state index in [1.54, 1.807) is 0 Å². The molecule has 2 atom stereocenters. The quantitative estimate of drug-likeness (QED) is 0.480. The summed E-state index contributed by atoms with van der Waals surface area (Å²) in [6.45, 7) is 9.19. The van der Waals surface area contributed by atoms with Crippen LogP contribution in [0.15, 0.2) is 36.7 Å². The zero-order chi connectivity index (χ0) is 26.9. The number of carbonyl (C=O) groups excluding carboxylic acids is 2. The van der Waals surface area contributed by atoms with Gasteiger partial charge in [-0.15, -0.1) is 0 Å². The highest BCUT2D eigenvalue weighted by molar-refractivity contribution is 5.97. The summed E-state index contributed by atoms with van der Waals surface area (Å²) in [5.74, 6) is 2.23. The van der Waals surface area contributed by atoms with Crippen molar-refractivity contribution in [2.45, 2.75) is 110 Å². The first-order valence-corrected chi connectivity index (χ1v) is 14.8. The third-order valence-corrected chi connectivity index (χ3v) is 8.11. The number of ether oxygens (including phenoxy) is 1. The largest absolute Gasteiger partial charge is 0.487 e. The van der Waals surface area contributed by atoms with Gasteiger partial charge in [0.2, 0.25) is 5.91 Å². The van der Waals surface area contributed by atoms with E-state index in [1.165, 1.54) is 0 Å². The van der Waals surface area contributed by atoms with Crippen LogP contribution < -0.4 is 4.74 Å². The van der Waals surface area contributed by atoms with E-state index in [9.17, 15) is 9.59 Å². The van der Waals surface area contributed by atoms with Crippen LogP contribution in [0.25, 0.3) is 0 Å². The Kier molecular flexibility index (Phi) is 10.2. The summed E-state index contributed by atoms with van der Waals surface area (Å²) in [7, 11) is 0. The number of carbonyl (C=O) groups is 2. The highest BCUT2D eigenvalue weighted by atomic mass is 16.5. The van der Waals surface area contributed by atoms with Gasteiger partial charge in [-0.25, -0.2) is 4.98 Å². The predicted octanol–water partition coefficient (Wildman–Crippen LogP) is 6.04. The van der Waals surface area contributed by atoms with E-state index in [2.05, 4.69) is 28.3 Å². The molecule has 0 radical (unpaired) electrons. The third-order valence-electron chi connectivity index (χ3n) is 8.11. The molecule has 2 aromatic rings. The molecule has 208 valence electrons. The molecule has 1 aromatic carbocycles. The van der Waals surface area contributed by atoms with Crippen LogP contribution in [0.4, 0.5) is 0 Å². The molecule has 0 saturated heterocycles. The fraction of sp³-hybridized carbons (Fsp3) is 0.645. The minimum Gasteiger partial charge on any atom is -0.487 e. The number of aromatic nitrogens is 2. The lowest BCUT2D eigenvalue weighted by atomic mass is 9.90. The molecule has 0 bridgehead atoms. The Bertz CT molecular complexity index is 1050. The Morgan fingerprint density at radius 1 is 1.03 bits per heavy atom. The number of nitrogens with zero attached hydrogens (tertiary/aromatic N) is 4. The van der Waals surface area contributed by atoms with Crippen molar-refractivity contribution in [3.63, 3.8) is 0 Å². The van der Waals surface area contributed by atoms with Crippen molar-refractivity contribution in [1.82, 2.24) is 19.4 Å². The van der Waals surface area contributed by atoms with Crippen molar-refractivity contribution >= 4 is 11.8 Å². The van der Waals surface area contributed by atoms with Crippen LogP contribution in [0.1, 0.15) is 107 Å². The van der Waals surface area contributed by atoms with Crippen LogP contribution in [-0.2, 0) is 11.3 Å². The van der Waals surface area contributed by atoms with E-state index in [0.717, 1.165) is 76.7 Å². The Morgan fingerprint density at radius 2 is 1.76 bits per heavy atom. The number of rotatable bonds is 5. The van der Waals surface area contributed by atoms with Gasteiger partial charge in [0.25, 0.3) is 5.91 Å². The topological polar surface area (TPSA) is 67.7 Å². The molecule has 2 amide bonds. The van der Waals surface area contributed by atoms with Crippen LogP contribution in [0, 0.1) is 0 Å². The molecule has 1 fully saturated rings. The van der Waals surface area contributed by atoms with Gasteiger partial charge in [-0.3, -0.25) is 9.59 Å². The molecule has 1 aromatic heterocycles. The van der Waals surface area contributed by atoms with Gasteiger partial charge < -0.3 is 19.1 Å². The van der Waals surface area contributed by atoms with Gasteiger partial charge in [-0.05, 0) is 51.2 Å². The second-order valence-corrected chi connectivity index (χ2v) is 11.1. The maximum atomic E-state index is 13.8. The normalized spacial score (nSPS) is 21.7. The first-order valence-electron chi connectivity index (χ1n) is 14.8. The van der Waals surface area contributed by atoms with E-state index in [4.69, 9.17) is 4.74 Å². The predicted molar refractivity (Wildman–Crippen MR) is 150 cm³/mol. The summed E-state index contributed by atoms with van der Waals surface area (Å²) in [6.07, 6.45) is 13.5. The van der Waals surface area contributed by atoms with E-state index < -0.39 is 0 Å². The zero-order valence-corrected chi connectivity index (χ0v) is 23.6. The van der Waals surface area contributed by atoms with Crippen molar-refractivity contribution in [1.29, 1.82) is 0 Å². The SMILES string of the molecule is CCN1CCCCCCCN(C(=O)CCn2ccnc2C(C)C)[C@@H]2CCCC[C@@H]2Oc2ccccc2C1=O. The summed E-state index contributed by atoms with van der Waals surface area (Å²) in [5, 5.41) is 0. The van der Waals surface area contributed by atoms with E-state index >= 15 is 0 Å². The molecule has 38 heavy (non-hydrogen) atoms. The molecule has 1 saturated carbocycles. The molecule has 7 heteroatoms. The van der Waals surface area contributed by atoms with E-state index in [1.807, 2.05) is 48.5 Å². The highest BCUT2D eigenvalue weighted by Crippen LogP contribution is 2.31. The van der Waals surface area contributed by atoms with E-state index in [0.29, 0.717) is 36.7 Å². The van der Waals surface area contributed by atoms with E-state index in [-0.39, 0.29) is 24.0 Å². The number of hydrogen-bond donors (Lipinski definition) is 0. The summed E-state index contributed by atoms with van der Waals surface area (Å²) in [4.78, 5) is 35.8. The minimum absolute atomic E-state index is 0.0270. The number of imidazole rings is 1. The molecular weight excluding hydrogens is 476 g/mol. The average molecular weight is 523 g/mol. The molecule has 0 N–H and O–H groups in total. The number of benzene rings is 1. The van der Waals surface area contributed by atoms with Crippen molar-refractivity contribution < 1.29 is 14.3 Å². The molecule has 2 aliphatic rings. The molecule has 4 rings (SSSR count). The summed E-state index contributed by atoms with van der Waals surface area (Å²) in [6, 6.07) is 7.69. The summed E-state index contributed by atoms with van der Waals surface area (Å²) >= 11 is 0. The number of amides is 2. The van der Waals surface area contributed by atoms with Gasteiger partial charge in [0.1, 0.15) is 17.7 Å². The second kappa shape index (κ2) is 13.8. The number of para-hydroxylation sites is 1. The van der Waals surface area contributed by atoms with Gasteiger partial charge in [0.05, 0.1) is 11.6 Å². The molecule has 1 aliphatic heterocycles. The Labute approximate surface area is 228 Å². The van der Waals surface area contributed by atoms with Crippen LogP contribution in [-0.4, -0.2) is 62.9 Å². The van der Waals surface area contributed by atoms with Gasteiger partial charge in [-0.2, -0.15) is 0 Å². The monoisotopic (exact) mass is 522 g/mol. The lowest BCUT2D eigenvalue weighted by Gasteiger charge is -2.40. The van der Waals surface area contributed by atoms with Gasteiger partial charge in [0.15, 0.2) is 0 Å². The van der Waals surface area contributed by atoms with Crippen LogP contribution >= 0.6 is 0 Å². The Morgan fingerprint density at radius 3 is 2.55 bits per heavy atom. The van der Waals surface area contributed by atoms with Gasteiger partial charge in [0, 0.05) is 50.9 Å². The summed E-state index contributed by atoms with van der Waals surface area (Å²) in [5.41, 5.74) is 0.632. The fourth-order valence-electron chi connectivity index (χ4n) is 6.01. The molecule has 0 unspecified atom stereocenters. The number of aryl methyl sites for hydroxylation is 1. The summed E-state index contributed by atoms with van der Waals surface area (Å²) < 4.78 is 8.78. The number of fused-ring (bicyclic) bond motifs is 2. The lowest BCUT2D eigenvalue weighted by molar-refractivity contribution is -0.137. The fourth-order valence-corrected chi connectivity index (χ4v) is 6.01. The van der Waals surface area contributed by atoms with Crippen LogP contribution in [0.5, 0.6) is 5.75 Å². The molecular formula is C31H46N4O3. The van der Waals surface area contributed by atoms with Crippen LogP contribution in [0.3, 0.4) is 0 Å². The maximum absolute atomic E-state index is 13.8. The molecule has 0 spiro atoms. The standard InChI is InChI=1S/C31H46N4O3/c1-4-33-20-12-6-5-7-13-21-35(29(36)18-22-34-23-19-32-30(34)24(2)3)26-15-9-11-17-28(26)38-27-16-10-8-14-25(27)31(33)37/h8,10,14,16,19,23-24,26,28H,4-7,9,11-13,15,17-18,20-22H2,1-3H3/t26-,28+/m1/s1. The third kappa shape index (κ3) is 6.97. The van der Waals surface area contributed by atoms with Crippen molar-refractivity contribution in [2.24, 2.45) is 0 Å². The highest BCUT2D eigenvalue weighted by Gasteiger charge is 2.35. The maximum Gasteiger partial charge on any atom is 0.257 e. The van der Waals surface area contributed by atoms with Crippen molar-refractivity contribution in [3.05, 3.63) is 48.0 Å². The minimum atomic E-state index is -0.110. The van der Waals surface area contributed by atoms with Gasteiger partial charge in [-0.1, -0.05) is 51.7 Å². The molecule has 2 heterocycles.